The van der Waals surface area contributed by atoms with E-state index in [2.05, 4.69) is 20.5 Å². The summed E-state index contributed by atoms with van der Waals surface area (Å²) >= 11 is 5.97. The molecule has 7 heteroatoms. The monoisotopic (exact) mass is 313 g/mol. The molecule has 0 aliphatic rings. The molecule has 0 aliphatic carbocycles. The van der Waals surface area contributed by atoms with Crippen LogP contribution >= 0.6 is 11.6 Å². The van der Waals surface area contributed by atoms with E-state index in [0.717, 1.165) is 5.56 Å². The maximum Gasteiger partial charge on any atom is 0.290 e. The van der Waals surface area contributed by atoms with E-state index < -0.39 is 0 Å². The summed E-state index contributed by atoms with van der Waals surface area (Å²) in [5.74, 6) is -0.354. The number of halogens is 1. The number of nitrogens with one attached hydrogen (secondary N) is 1. The summed E-state index contributed by atoms with van der Waals surface area (Å²) in [6, 6.07) is 7.11. The summed E-state index contributed by atoms with van der Waals surface area (Å²) < 4.78 is 1.65. The molecule has 0 atom stereocenters. The van der Waals surface area contributed by atoms with Gasteiger partial charge >= 0.3 is 0 Å². The molecule has 22 heavy (non-hydrogen) atoms. The fourth-order valence-corrected chi connectivity index (χ4v) is 2.24. The van der Waals surface area contributed by atoms with E-state index in [1.165, 1.54) is 6.21 Å². The minimum Gasteiger partial charge on any atom is -0.294 e. The number of hydrogen-bond donors (Lipinski definition) is 1. The molecule has 0 saturated carbocycles. The molecule has 0 spiro atoms. The maximum absolute atomic E-state index is 12.3. The number of carbonyl (C=O) groups is 1. The molecular formula is C15H12ClN5O. The molecule has 0 fully saturated rings. The Bertz CT molecular complexity index is 857. The van der Waals surface area contributed by atoms with Crippen LogP contribution in [0.2, 0.25) is 5.02 Å². The molecule has 0 saturated heterocycles. The van der Waals surface area contributed by atoms with Gasteiger partial charge in [0, 0.05) is 24.2 Å². The van der Waals surface area contributed by atoms with Crippen molar-refractivity contribution in [3.8, 4) is 0 Å². The Balaban J connectivity index is 1.85. The van der Waals surface area contributed by atoms with Gasteiger partial charge in [0.1, 0.15) is 11.3 Å². The summed E-state index contributed by atoms with van der Waals surface area (Å²) in [5.41, 5.74) is 4.94. The van der Waals surface area contributed by atoms with Crippen LogP contribution in [0.3, 0.4) is 0 Å². The average molecular weight is 314 g/mol. The number of nitrogens with zero attached hydrogens (tertiary/aromatic N) is 4. The van der Waals surface area contributed by atoms with Crippen LogP contribution in [-0.4, -0.2) is 26.5 Å². The average Bonchev–Trinajstić information content (AvgIpc) is 2.83. The number of carbonyl (C=O) groups excluding carboxylic acids is 1. The summed E-state index contributed by atoms with van der Waals surface area (Å²) in [6.45, 7) is 1.76. The van der Waals surface area contributed by atoms with Crippen molar-refractivity contribution in [2.45, 2.75) is 6.92 Å². The molecule has 0 unspecified atom stereocenters. The van der Waals surface area contributed by atoms with Gasteiger partial charge in [-0.15, -0.1) is 0 Å². The molecule has 0 radical (unpaired) electrons. The topological polar surface area (TPSA) is 71.7 Å². The Hall–Kier alpha value is -2.73. The Kier molecular flexibility index (Phi) is 3.84. The summed E-state index contributed by atoms with van der Waals surface area (Å²) in [4.78, 5) is 20.6. The summed E-state index contributed by atoms with van der Waals surface area (Å²) in [5, 5.41) is 4.45. The summed E-state index contributed by atoms with van der Waals surface area (Å²) in [6.07, 6.45) is 6.49. The highest BCUT2D eigenvalue weighted by atomic mass is 35.5. The highest BCUT2D eigenvalue weighted by molar-refractivity contribution is 6.30. The third-order valence-electron chi connectivity index (χ3n) is 3.04. The van der Waals surface area contributed by atoms with E-state index >= 15 is 0 Å². The van der Waals surface area contributed by atoms with E-state index in [9.17, 15) is 4.79 Å². The molecule has 0 aliphatic heterocycles. The van der Waals surface area contributed by atoms with E-state index in [0.29, 0.717) is 22.1 Å². The Labute approximate surface area is 131 Å². The third-order valence-corrected chi connectivity index (χ3v) is 3.26. The van der Waals surface area contributed by atoms with Gasteiger partial charge in [-0.2, -0.15) is 5.10 Å². The number of pyridine rings is 2. The van der Waals surface area contributed by atoms with Gasteiger partial charge in [0.15, 0.2) is 0 Å². The number of fused-ring (bicyclic) bond motifs is 1. The highest BCUT2D eigenvalue weighted by Crippen LogP contribution is 2.16. The van der Waals surface area contributed by atoms with Gasteiger partial charge in [-0.25, -0.2) is 10.4 Å². The predicted molar refractivity (Wildman–Crippen MR) is 84.2 cm³/mol. The van der Waals surface area contributed by atoms with Crippen LogP contribution in [0.1, 0.15) is 21.7 Å². The first kappa shape index (κ1) is 14.2. The molecule has 1 N–H and O–H groups in total. The van der Waals surface area contributed by atoms with Gasteiger partial charge in [-0.05, 0) is 25.1 Å². The zero-order chi connectivity index (χ0) is 15.5. The smallest absolute Gasteiger partial charge is 0.290 e. The quantitative estimate of drug-likeness (QED) is 0.596. The minimum atomic E-state index is -0.354. The van der Waals surface area contributed by atoms with E-state index in [1.807, 2.05) is 6.07 Å². The molecule has 3 rings (SSSR count). The molecule has 6 nitrogen and oxygen atoms in total. The van der Waals surface area contributed by atoms with Gasteiger partial charge in [-0.1, -0.05) is 17.7 Å². The Morgan fingerprint density at radius 1 is 1.41 bits per heavy atom. The number of imidazole rings is 1. The van der Waals surface area contributed by atoms with Crippen LogP contribution in [0.4, 0.5) is 0 Å². The molecule has 0 bridgehead atoms. The number of rotatable bonds is 3. The zero-order valence-corrected chi connectivity index (χ0v) is 12.4. The Morgan fingerprint density at radius 3 is 3.05 bits per heavy atom. The van der Waals surface area contributed by atoms with E-state index in [-0.39, 0.29) is 5.91 Å². The number of amides is 1. The van der Waals surface area contributed by atoms with Crippen molar-refractivity contribution in [3.05, 3.63) is 64.8 Å². The fraction of sp³-hybridized carbons (Fsp3) is 0.0667. The normalized spacial score (nSPS) is 11.2. The van der Waals surface area contributed by atoms with E-state index in [1.54, 1.807) is 48.1 Å². The Morgan fingerprint density at radius 2 is 2.27 bits per heavy atom. The van der Waals surface area contributed by atoms with Crippen molar-refractivity contribution in [1.29, 1.82) is 0 Å². The number of aromatic nitrogens is 3. The van der Waals surface area contributed by atoms with E-state index in [4.69, 9.17) is 11.6 Å². The molecule has 3 aromatic heterocycles. The van der Waals surface area contributed by atoms with Crippen LogP contribution in [0, 0.1) is 6.92 Å². The largest absolute Gasteiger partial charge is 0.294 e. The van der Waals surface area contributed by atoms with Crippen molar-refractivity contribution in [2.75, 3.05) is 0 Å². The predicted octanol–water partition coefficient (Wildman–Crippen LogP) is 2.46. The molecular weight excluding hydrogens is 302 g/mol. The molecule has 0 aromatic carbocycles. The number of hydrogen-bond acceptors (Lipinski definition) is 4. The molecule has 1 amide bonds. The lowest BCUT2D eigenvalue weighted by atomic mass is 10.3. The van der Waals surface area contributed by atoms with Crippen molar-refractivity contribution in [1.82, 2.24) is 19.8 Å². The van der Waals surface area contributed by atoms with Gasteiger partial charge < -0.3 is 0 Å². The van der Waals surface area contributed by atoms with Crippen LogP contribution in [-0.2, 0) is 0 Å². The molecule has 110 valence electrons. The maximum atomic E-state index is 12.3. The lowest BCUT2D eigenvalue weighted by molar-refractivity contribution is 0.0948. The second-order valence-corrected chi connectivity index (χ2v) is 5.04. The first-order valence-corrected chi connectivity index (χ1v) is 6.90. The highest BCUT2D eigenvalue weighted by Gasteiger charge is 2.16. The van der Waals surface area contributed by atoms with Gasteiger partial charge in [0.05, 0.1) is 16.9 Å². The van der Waals surface area contributed by atoms with Crippen molar-refractivity contribution >= 4 is 29.4 Å². The van der Waals surface area contributed by atoms with Crippen molar-refractivity contribution in [3.63, 3.8) is 0 Å². The zero-order valence-electron chi connectivity index (χ0n) is 11.7. The SMILES string of the molecule is Cc1nc2ccc(Cl)cn2c1C(=O)N/N=C\c1cccnc1. The first-order valence-electron chi connectivity index (χ1n) is 6.53. The van der Waals surface area contributed by atoms with Crippen molar-refractivity contribution < 1.29 is 4.79 Å². The second-order valence-electron chi connectivity index (χ2n) is 4.61. The lowest BCUT2D eigenvalue weighted by Crippen LogP contribution is -2.20. The minimum absolute atomic E-state index is 0.354. The van der Waals surface area contributed by atoms with Crippen LogP contribution in [0.15, 0.2) is 48.0 Å². The lowest BCUT2D eigenvalue weighted by Gasteiger charge is -2.02. The van der Waals surface area contributed by atoms with Crippen molar-refractivity contribution in [2.24, 2.45) is 5.10 Å². The van der Waals surface area contributed by atoms with Gasteiger partial charge in [0.2, 0.25) is 0 Å². The van der Waals surface area contributed by atoms with Crippen LogP contribution in [0.25, 0.3) is 5.65 Å². The summed E-state index contributed by atoms with van der Waals surface area (Å²) in [7, 11) is 0. The van der Waals surface area contributed by atoms with Crippen LogP contribution in [0.5, 0.6) is 0 Å². The van der Waals surface area contributed by atoms with Gasteiger partial charge in [0.25, 0.3) is 5.91 Å². The van der Waals surface area contributed by atoms with Gasteiger partial charge in [-0.3, -0.25) is 14.2 Å². The fourth-order valence-electron chi connectivity index (χ4n) is 2.08. The third kappa shape index (κ3) is 2.82. The molecule has 3 heterocycles. The molecule has 3 aromatic rings. The number of aryl methyl sites for hydroxylation is 1. The standard InChI is InChI=1S/C15H12ClN5O/c1-10-14(21-9-12(16)4-5-13(21)19-10)15(22)20-18-8-11-3-2-6-17-7-11/h2-9H,1H3,(H,20,22)/b18-8-. The van der Waals surface area contributed by atoms with Crippen LogP contribution < -0.4 is 5.43 Å². The first-order chi connectivity index (χ1) is 10.6. The number of hydrazone groups is 1. The second kappa shape index (κ2) is 5.95.